The number of anilines is 1. The van der Waals surface area contributed by atoms with Crippen LogP contribution in [0, 0.1) is 6.92 Å². The Morgan fingerprint density at radius 3 is 2.88 bits per heavy atom. The molecular formula is C12H17N3S. The highest BCUT2D eigenvalue weighted by atomic mass is 32.1. The smallest absolute Gasteiger partial charge is 0.203 e. The normalized spacial score (nSPS) is 11.0. The van der Waals surface area contributed by atoms with Crippen LogP contribution in [0.4, 0.5) is 5.95 Å². The van der Waals surface area contributed by atoms with Crippen LogP contribution in [0.2, 0.25) is 0 Å². The van der Waals surface area contributed by atoms with Gasteiger partial charge in [-0.15, -0.1) is 0 Å². The summed E-state index contributed by atoms with van der Waals surface area (Å²) >= 11 is 1.75. The summed E-state index contributed by atoms with van der Waals surface area (Å²) in [4.78, 5) is 4.32. The molecule has 0 aromatic carbocycles. The van der Waals surface area contributed by atoms with E-state index in [1.807, 2.05) is 12.4 Å². The maximum atomic E-state index is 4.32. The number of aryl methyl sites for hydroxylation is 1. The molecule has 2 heterocycles. The molecule has 0 fully saturated rings. The fraction of sp³-hybridized carbons (Fsp3) is 0.417. The van der Waals surface area contributed by atoms with Crippen molar-refractivity contribution in [2.45, 2.75) is 33.4 Å². The first-order valence-electron chi connectivity index (χ1n) is 5.47. The zero-order chi connectivity index (χ0) is 11.5. The lowest BCUT2D eigenvalue weighted by molar-refractivity contribution is 0.604. The van der Waals surface area contributed by atoms with Gasteiger partial charge in [0, 0.05) is 25.0 Å². The van der Waals surface area contributed by atoms with E-state index in [1.165, 1.54) is 11.1 Å². The Labute approximate surface area is 100 Å². The van der Waals surface area contributed by atoms with Crippen LogP contribution in [-0.2, 0) is 6.54 Å². The summed E-state index contributed by atoms with van der Waals surface area (Å²) in [5.41, 5.74) is 2.70. The molecule has 0 unspecified atom stereocenters. The number of thiophene rings is 1. The van der Waals surface area contributed by atoms with Crippen LogP contribution >= 0.6 is 11.3 Å². The van der Waals surface area contributed by atoms with Crippen LogP contribution in [0.1, 0.15) is 31.0 Å². The Hall–Kier alpha value is -1.29. The Morgan fingerprint density at radius 2 is 2.25 bits per heavy atom. The number of imidazole rings is 1. The van der Waals surface area contributed by atoms with Gasteiger partial charge in [-0.3, -0.25) is 0 Å². The van der Waals surface area contributed by atoms with Gasteiger partial charge in [-0.2, -0.15) is 11.3 Å². The van der Waals surface area contributed by atoms with E-state index in [2.05, 4.69) is 46.4 Å². The first-order valence-corrected chi connectivity index (χ1v) is 6.41. The third kappa shape index (κ3) is 2.27. The number of hydrogen-bond donors (Lipinski definition) is 1. The van der Waals surface area contributed by atoms with Crippen LogP contribution in [0.25, 0.3) is 0 Å². The van der Waals surface area contributed by atoms with Crippen LogP contribution in [0.15, 0.2) is 23.2 Å². The van der Waals surface area contributed by atoms with Gasteiger partial charge in [0.05, 0.1) is 0 Å². The zero-order valence-electron chi connectivity index (χ0n) is 9.90. The SMILES string of the molecule is Cc1cscc1CNc1nccn1C(C)C. The Kier molecular flexibility index (Phi) is 3.29. The Morgan fingerprint density at radius 1 is 1.44 bits per heavy atom. The van der Waals surface area contributed by atoms with Crippen molar-refractivity contribution in [2.24, 2.45) is 0 Å². The lowest BCUT2D eigenvalue weighted by Crippen LogP contribution is -2.08. The minimum absolute atomic E-state index is 0.438. The molecule has 1 N–H and O–H groups in total. The molecule has 2 aromatic heterocycles. The summed E-state index contributed by atoms with van der Waals surface area (Å²) in [6.07, 6.45) is 3.84. The number of nitrogens with zero attached hydrogens (tertiary/aromatic N) is 2. The molecular weight excluding hydrogens is 218 g/mol. The molecule has 0 spiro atoms. The zero-order valence-corrected chi connectivity index (χ0v) is 10.7. The van der Waals surface area contributed by atoms with E-state index in [0.717, 1.165) is 12.5 Å². The molecule has 0 atom stereocenters. The minimum Gasteiger partial charge on any atom is -0.352 e. The highest BCUT2D eigenvalue weighted by Crippen LogP contribution is 2.17. The second kappa shape index (κ2) is 4.70. The van der Waals surface area contributed by atoms with Crippen molar-refractivity contribution >= 4 is 17.3 Å². The largest absolute Gasteiger partial charge is 0.352 e. The predicted molar refractivity (Wildman–Crippen MR) is 69.0 cm³/mol. The fourth-order valence-corrected chi connectivity index (χ4v) is 2.47. The molecule has 86 valence electrons. The van der Waals surface area contributed by atoms with Crippen molar-refractivity contribution in [1.82, 2.24) is 9.55 Å². The van der Waals surface area contributed by atoms with Crippen molar-refractivity contribution in [2.75, 3.05) is 5.32 Å². The van der Waals surface area contributed by atoms with E-state index >= 15 is 0 Å². The maximum Gasteiger partial charge on any atom is 0.203 e. The van der Waals surface area contributed by atoms with Crippen molar-refractivity contribution in [3.8, 4) is 0 Å². The lowest BCUT2D eigenvalue weighted by atomic mass is 10.2. The summed E-state index contributed by atoms with van der Waals surface area (Å²) < 4.78 is 2.14. The van der Waals surface area contributed by atoms with Gasteiger partial charge in [-0.25, -0.2) is 4.98 Å². The molecule has 0 bridgehead atoms. The highest BCUT2D eigenvalue weighted by Gasteiger charge is 2.06. The van der Waals surface area contributed by atoms with Gasteiger partial charge in [0.2, 0.25) is 5.95 Å². The van der Waals surface area contributed by atoms with Crippen LogP contribution in [0.5, 0.6) is 0 Å². The molecule has 4 heteroatoms. The number of rotatable bonds is 4. The van der Waals surface area contributed by atoms with Gasteiger partial charge in [-0.05, 0) is 42.7 Å². The predicted octanol–water partition coefficient (Wildman–Crippen LogP) is 3.45. The number of nitrogens with one attached hydrogen (secondary N) is 1. The summed E-state index contributed by atoms with van der Waals surface area (Å²) in [6.45, 7) is 7.30. The van der Waals surface area contributed by atoms with Gasteiger partial charge in [-0.1, -0.05) is 0 Å². The molecule has 0 aliphatic carbocycles. The average molecular weight is 235 g/mol. The van der Waals surface area contributed by atoms with Gasteiger partial charge in [0.25, 0.3) is 0 Å². The molecule has 3 nitrogen and oxygen atoms in total. The Balaban J connectivity index is 2.05. The van der Waals surface area contributed by atoms with Gasteiger partial charge < -0.3 is 9.88 Å². The topological polar surface area (TPSA) is 29.9 Å². The van der Waals surface area contributed by atoms with E-state index in [9.17, 15) is 0 Å². The van der Waals surface area contributed by atoms with Gasteiger partial charge >= 0.3 is 0 Å². The molecule has 0 aliphatic heterocycles. The monoisotopic (exact) mass is 235 g/mol. The van der Waals surface area contributed by atoms with Crippen LogP contribution < -0.4 is 5.32 Å². The van der Waals surface area contributed by atoms with E-state index < -0.39 is 0 Å². The number of hydrogen-bond acceptors (Lipinski definition) is 3. The molecule has 0 radical (unpaired) electrons. The van der Waals surface area contributed by atoms with Crippen molar-refractivity contribution in [3.05, 3.63) is 34.3 Å². The summed E-state index contributed by atoms with van der Waals surface area (Å²) in [6, 6.07) is 0.438. The molecule has 0 saturated heterocycles. The highest BCUT2D eigenvalue weighted by molar-refractivity contribution is 7.08. The molecule has 2 aromatic rings. The van der Waals surface area contributed by atoms with Crippen LogP contribution in [0.3, 0.4) is 0 Å². The van der Waals surface area contributed by atoms with Gasteiger partial charge in [0.1, 0.15) is 0 Å². The third-order valence-corrected chi connectivity index (χ3v) is 3.53. The second-order valence-electron chi connectivity index (χ2n) is 4.19. The quantitative estimate of drug-likeness (QED) is 0.879. The second-order valence-corrected chi connectivity index (χ2v) is 4.93. The van der Waals surface area contributed by atoms with E-state index in [4.69, 9.17) is 0 Å². The average Bonchev–Trinajstić information content (AvgIpc) is 2.83. The molecule has 0 saturated carbocycles. The van der Waals surface area contributed by atoms with Crippen molar-refractivity contribution in [3.63, 3.8) is 0 Å². The molecule has 16 heavy (non-hydrogen) atoms. The maximum absolute atomic E-state index is 4.32. The lowest BCUT2D eigenvalue weighted by Gasteiger charge is -2.12. The van der Waals surface area contributed by atoms with E-state index in [-0.39, 0.29) is 0 Å². The Bertz CT molecular complexity index is 456. The summed E-state index contributed by atoms with van der Waals surface area (Å²) in [5, 5.41) is 7.73. The van der Waals surface area contributed by atoms with Crippen molar-refractivity contribution < 1.29 is 0 Å². The fourth-order valence-electron chi connectivity index (χ4n) is 1.61. The van der Waals surface area contributed by atoms with E-state index in [1.54, 1.807) is 11.3 Å². The van der Waals surface area contributed by atoms with Crippen LogP contribution in [-0.4, -0.2) is 9.55 Å². The molecule has 0 amide bonds. The molecule has 2 rings (SSSR count). The standard InChI is InChI=1S/C12H17N3S/c1-9(2)15-5-4-13-12(15)14-6-11-8-16-7-10(11)3/h4-5,7-9H,6H2,1-3H3,(H,13,14). The first kappa shape index (κ1) is 11.2. The third-order valence-electron chi connectivity index (χ3n) is 2.62. The van der Waals surface area contributed by atoms with Crippen molar-refractivity contribution in [1.29, 1.82) is 0 Å². The van der Waals surface area contributed by atoms with E-state index in [0.29, 0.717) is 6.04 Å². The van der Waals surface area contributed by atoms with Gasteiger partial charge in [0.15, 0.2) is 0 Å². The summed E-state index contributed by atoms with van der Waals surface area (Å²) in [7, 11) is 0. The molecule has 0 aliphatic rings. The minimum atomic E-state index is 0.438. The summed E-state index contributed by atoms with van der Waals surface area (Å²) in [5.74, 6) is 0.945. The first-order chi connectivity index (χ1) is 7.68. The number of aromatic nitrogens is 2.